The summed E-state index contributed by atoms with van der Waals surface area (Å²) in [6.45, 7) is 2.90. The first-order valence-corrected chi connectivity index (χ1v) is 9.71. The molecule has 6 nitrogen and oxygen atoms in total. The number of hydrogen-bond donors (Lipinski definition) is 1. The first-order valence-electron chi connectivity index (χ1n) is 9.71. The Balaban J connectivity index is 1.44. The molecule has 3 aromatic heterocycles. The van der Waals surface area contributed by atoms with Crippen LogP contribution in [-0.2, 0) is 6.54 Å². The molecule has 0 unspecified atom stereocenters. The Bertz CT molecular complexity index is 1010. The monoisotopic (exact) mass is 417 g/mol. The van der Waals surface area contributed by atoms with Crippen LogP contribution in [0.1, 0.15) is 15.9 Å². The Hall–Kier alpha value is -3.07. The molecular formula is C21H22F3N5O. The molecule has 30 heavy (non-hydrogen) atoms. The highest BCUT2D eigenvalue weighted by Gasteiger charge is 2.28. The number of carbonyl (C=O) groups is 1. The second-order valence-corrected chi connectivity index (χ2v) is 7.33. The van der Waals surface area contributed by atoms with Crippen LogP contribution in [0.5, 0.6) is 0 Å². The predicted octanol–water partition coefficient (Wildman–Crippen LogP) is 2.95. The molecule has 0 spiro atoms. The van der Waals surface area contributed by atoms with Gasteiger partial charge in [0.15, 0.2) is 0 Å². The van der Waals surface area contributed by atoms with E-state index in [-0.39, 0.29) is 5.56 Å². The Morgan fingerprint density at radius 2 is 1.83 bits per heavy atom. The molecule has 0 aromatic carbocycles. The first-order chi connectivity index (χ1) is 14.4. The molecule has 0 bridgehead atoms. The van der Waals surface area contributed by atoms with Crippen LogP contribution in [0.4, 0.5) is 19.0 Å². The number of aromatic nitrogens is 2. The third-order valence-corrected chi connectivity index (χ3v) is 5.17. The van der Waals surface area contributed by atoms with Gasteiger partial charge in [0.2, 0.25) is 0 Å². The summed E-state index contributed by atoms with van der Waals surface area (Å²) in [4.78, 5) is 20.9. The molecule has 0 atom stereocenters. The zero-order valence-electron chi connectivity index (χ0n) is 16.3. The van der Waals surface area contributed by atoms with Crippen LogP contribution in [0.15, 0.2) is 55.0 Å². The van der Waals surface area contributed by atoms with Gasteiger partial charge >= 0.3 is 6.18 Å². The van der Waals surface area contributed by atoms with Crippen LogP contribution in [-0.4, -0.2) is 59.1 Å². The van der Waals surface area contributed by atoms with E-state index in [1.165, 1.54) is 11.6 Å². The van der Waals surface area contributed by atoms with Crippen molar-refractivity contribution in [2.75, 3.05) is 37.6 Å². The number of halogens is 3. The maximum absolute atomic E-state index is 12.4. The fourth-order valence-electron chi connectivity index (χ4n) is 3.65. The number of nitrogens with one attached hydrogen (secondary N) is 1. The van der Waals surface area contributed by atoms with Crippen LogP contribution < -0.4 is 10.2 Å². The fourth-order valence-corrected chi connectivity index (χ4v) is 3.65. The second kappa shape index (κ2) is 8.35. The van der Waals surface area contributed by atoms with E-state index >= 15 is 0 Å². The molecule has 1 aliphatic rings. The van der Waals surface area contributed by atoms with Crippen LogP contribution >= 0.6 is 0 Å². The molecule has 1 saturated heterocycles. The predicted molar refractivity (Wildman–Crippen MR) is 108 cm³/mol. The maximum atomic E-state index is 12.4. The van der Waals surface area contributed by atoms with E-state index in [2.05, 4.69) is 20.9 Å². The highest BCUT2D eigenvalue weighted by molar-refractivity contribution is 5.94. The van der Waals surface area contributed by atoms with Gasteiger partial charge in [-0.15, -0.1) is 0 Å². The van der Waals surface area contributed by atoms with E-state index in [1.54, 1.807) is 18.5 Å². The number of nitrogens with zero attached hydrogens (tertiary/aromatic N) is 4. The summed E-state index contributed by atoms with van der Waals surface area (Å²) in [7, 11) is 0. The number of piperazine rings is 1. The van der Waals surface area contributed by atoms with Crippen LogP contribution in [0.3, 0.4) is 0 Å². The minimum Gasteiger partial charge on any atom is -0.355 e. The van der Waals surface area contributed by atoms with Crippen molar-refractivity contribution >= 4 is 17.2 Å². The average Bonchev–Trinajstić information content (AvgIpc) is 3.16. The third-order valence-electron chi connectivity index (χ3n) is 5.17. The molecular weight excluding hydrogens is 395 g/mol. The van der Waals surface area contributed by atoms with Crippen molar-refractivity contribution in [3.8, 4) is 0 Å². The molecule has 0 saturated carbocycles. The lowest BCUT2D eigenvalue weighted by Gasteiger charge is -2.35. The molecule has 158 valence electrons. The summed E-state index contributed by atoms with van der Waals surface area (Å²) in [5.41, 5.74) is 2.25. The van der Waals surface area contributed by atoms with Gasteiger partial charge in [0, 0.05) is 56.8 Å². The Labute approximate surface area is 171 Å². The molecule has 0 radical (unpaired) electrons. The number of carbonyl (C=O) groups excluding carboxylic acids is 1. The molecule has 0 aliphatic carbocycles. The summed E-state index contributed by atoms with van der Waals surface area (Å²) in [6.07, 6.45) is 0.793. The summed E-state index contributed by atoms with van der Waals surface area (Å²) in [6, 6.07) is 11.2. The lowest BCUT2D eigenvalue weighted by molar-refractivity contribution is -0.123. The highest BCUT2D eigenvalue weighted by Crippen LogP contribution is 2.22. The van der Waals surface area contributed by atoms with E-state index < -0.39 is 18.6 Å². The molecule has 4 heterocycles. The van der Waals surface area contributed by atoms with Crippen molar-refractivity contribution < 1.29 is 18.0 Å². The van der Waals surface area contributed by atoms with E-state index in [4.69, 9.17) is 0 Å². The number of hydrogen-bond acceptors (Lipinski definition) is 4. The Morgan fingerprint density at radius 1 is 1.07 bits per heavy atom. The maximum Gasteiger partial charge on any atom is 0.405 e. The number of rotatable bonds is 5. The summed E-state index contributed by atoms with van der Waals surface area (Å²) in [5.74, 6) is 0.187. The van der Waals surface area contributed by atoms with E-state index in [9.17, 15) is 18.0 Å². The largest absolute Gasteiger partial charge is 0.405 e. The van der Waals surface area contributed by atoms with Crippen LogP contribution in [0.25, 0.3) is 5.52 Å². The number of amides is 1. The van der Waals surface area contributed by atoms with Gasteiger partial charge in [-0.05, 0) is 35.9 Å². The van der Waals surface area contributed by atoms with Gasteiger partial charge in [-0.1, -0.05) is 6.07 Å². The topological polar surface area (TPSA) is 52.9 Å². The average molecular weight is 417 g/mol. The number of pyridine rings is 2. The zero-order chi connectivity index (χ0) is 21.1. The van der Waals surface area contributed by atoms with Crippen molar-refractivity contribution in [3.63, 3.8) is 0 Å². The standard InChI is InChI=1S/C21H22F3N5O/c22-21(23,24)15-26-20(30)17-3-4-18-5-6-19(29(18)14-17)28-10-8-27(9-11-28)13-16-2-1-7-25-12-16/h1-7,12,14H,8-11,13,15H2,(H,26,30). The van der Waals surface area contributed by atoms with Gasteiger partial charge in [-0.3, -0.25) is 14.7 Å². The van der Waals surface area contributed by atoms with E-state index in [0.717, 1.165) is 44.1 Å². The molecule has 1 aliphatic heterocycles. The first kappa shape index (κ1) is 20.2. The lowest BCUT2D eigenvalue weighted by Crippen LogP contribution is -2.46. The normalized spacial score (nSPS) is 15.5. The van der Waals surface area contributed by atoms with E-state index in [0.29, 0.717) is 0 Å². The SMILES string of the molecule is O=C(NCC(F)(F)F)c1ccc2ccc(N3CCN(Cc4cccnc4)CC3)n2c1. The van der Waals surface area contributed by atoms with Crippen molar-refractivity contribution in [1.29, 1.82) is 0 Å². The smallest absolute Gasteiger partial charge is 0.355 e. The van der Waals surface area contributed by atoms with Gasteiger partial charge in [0.25, 0.3) is 5.91 Å². The van der Waals surface area contributed by atoms with Gasteiger partial charge in [0.05, 0.1) is 5.56 Å². The number of alkyl halides is 3. The van der Waals surface area contributed by atoms with Crippen molar-refractivity contribution in [2.24, 2.45) is 0 Å². The molecule has 3 aromatic rings. The second-order valence-electron chi connectivity index (χ2n) is 7.33. The summed E-state index contributed by atoms with van der Waals surface area (Å²) < 4.78 is 39.0. The summed E-state index contributed by atoms with van der Waals surface area (Å²) >= 11 is 0. The molecule has 4 rings (SSSR count). The van der Waals surface area contributed by atoms with Crippen molar-refractivity contribution in [2.45, 2.75) is 12.7 Å². The number of anilines is 1. The van der Waals surface area contributed by atoms with E-state index in [1.807, 2.05) is 34.1 Å². The minimum atomic E-state index is -4.44. The van der Waals surface area contributed by atoms with Crippen LogP contribution in [0.2, 0.25) is 0 Å². The molecule has 1 fully saturated rings. The third kappa shape index (κ3) is 4.73. The lowest BCUT2D eigenvalue weighted by atomic mass is 10.2. The van der Waals surface area contributed by atoms with Crippen LogP contribution in [0, 0.1) is 0 Å². The number of fused-ring (bicyclic) bond motifs is 1. The van der Waals surface area contributed by atoms with Gasteiger partial charge in [-0.2, -0.15) is 13.2 Å². The summed E-state index contributed by atoms with van der Waals surface area (Å²) in [5, 5.41) is 1.92. The Morgan fingerprint density at radius 3 is 2.53 bits per heavy atom. The minimum absolute atomic E-state index is 0.194. The molecule has 1 N–H and O–H groups in total. The molecule has 1 amide bonds. The van der Waals surface area contributed by atoms with Crippen molar-refractivity contribution in [3.05, 3.63) is 66.1 Å². The Kier molecular flexibility index (Phi) is 5.63. The van der Waals surface area contributed by atoms with Gasteiger partial charge < -0.3 is 14.6 Å². The van der Waals surface area contributed by atoms with Gasteiger partial charge in [0.1, 0.15) is 12.4 Å². The zero-order valence-corrected chi connectivity index (χ0v) is 16.3. The van der Waals surface area contributed by atoms with Gasteiger partial charge in [-0.25, -0.2) is 0 Å². The molecule has 9 heteroatoms. The quantitative estimate of drug-likeness (QED) is 0.694. The highest BCUT2D eigenvalue weighted by atomic mass is 19.4. The van der Waals surface area contributed by atoms with Crippen molar-refractivity contribution in [1.82, 2.24) is 19.6 Å². The fraction of sp³-hybridized carbons (Fsp3) is 0.333.